The summed E-state index contributed by atoms with van der Waals surface area (Å²) in [5.41, 5.74) is 0.834. The van der Waals surface area contributed by atoms with Crippen molar-refractivity contribution in [3.8, 4) is 11.5 Å². The fourth-order valence-electron chi connectivity index (χ4n) is 1.71. The van der Waals surface area contributed by atoms with Crippen LogP contribution in [0, 0.1) is 0 Å². The Bertz CT molecular complexity index is 416. The highest BCUT2D eigenvalue weighted by Crippen LogP contribution is 2.27. The van der Waals surface area contributed by atoms with Crippen LogP contribution in [0.15, 0.2) is 18.2 Å². The summed E-state index contributed by atoms with van der Waals surface area (Å²) in [7, 11) is 1.48. The Labute approximate surface area is 113 Å². The number of carbonyl (C=O) groups excluding carboxylic acids is 1. The van der Waals surface area contributed by atoms with Crippen LogP contribution in [0.3, 0.4) is 0 Å². The zero-order chi connectivity index (χ0) is 14.3. The van der Waals surface area contributed by atoms with E-state index in [1.54, 1.807) is 19.1 Å². The van der Waals surface area contributed by atoms with Crippen molar-refractivity contribution in [2.45, 2.75) is 26.4 Å². The lowest BCUT2D eigenvalue weighted by atomic mass is 10.1. The van der Waals surface area contributed by atoms with Crippen LogP contribution in [0.2, 0.25) is 0 Å². The molecule has 1 rings (SSSR count). The molecule has 0 unspecified atom stereocenters. The van der Waals surface area contributed by atoms with Gasteiger partial charge in [-0.1, -0.05) is 6.07 Å². The van der Waals surface area contributed by atoms with Gasteiger partial charge in [-0.3, -0.25) is 0 Å². The third-order valence-corrected chi connectivity index (χ3v) is 2.58. The van der Waals surface area contributed by atoms with E-state index in [-0.39, 0.29) is 11.7 Å². The molecule has 0 saturated heterocycles. The number of carbonyl (C=O) groups is 1. The van der Waals surface area contributed by atoms with E-state index in [1.165, 1.54) is 13.2 Å². The van der Waals surface area contributed by atoms with Crippen molar-refractivity contribution in [2.75, 3.05) is 20.3 Å². The number of phenols is 1. The lowest BCUT2D eigenvalue weighted by Gasteiger charge is -2.16. The molecule has 0 aliphatic heterocycles. The van der Waals surface area contributed by atoms with Gasteiger partial charge in [0, 0.05) is 13.0 Å². The largest absolute Gasteiger partial charge is 0.504 e. The van der Waals surface area contributed by atoms with E-state index in [0.717, 1.165) is 5.56 Å². The lowest BCUT2D eigenvalue weighted by Crippen LogP contribution is -2.29. The molecular weight excluding hydrogens is 248 g/mol. The van der Waals surface area contributed by atoms with Crippen LogP contribution in [0.1, 0.15) is 19.4 Å². The highest BCUT2D eigenvalue weighted by atomic mass is 16.6. The van der Waals surface area contributed by atoms with Gasteiger partial charge in [0.25, 0.3) is 0 Å². The normalized spacial score (nSPS) is 11.9. The van der Waals surface area contributed by atoms with Crippen LogP contribution < -0.4 is 4.74 Å². The molecule has 1 N–H and O–H groups in total. The van der Waals surface area contributed by atoms with Gasteiger partial charge in [0.2, 0.25) is 0 Å². The van der Waals surface area contributed by atoms with Gasteiger partial charge in [0.1, 0.15) is 0 Å². The first-order valence-corrected chi connectivity index (χ1v) is 6.26. The van der Waals surface area contributed by atoms with E-state index < -0.39 is 6.10 Å². The summed E-state index contributed by atoms with van der Waals surface area (Å²) in [4.78, 5) is 11.7. The molecule has 0 bridgehead atoms. The molecule has 5 heteroatoms. The first-order valence-electron chi connectivity index (χ1n) is 6.26. The van der Waals surface area contributed by atoms with E-state index in [0.29, 0.717) is 25.4 Å². The van der Waals surface area contributed by atoms with E-state index in [9.17, 15) is 9.90 Å². The molecule has 0 amide bonds. The van der Waals surface area contributed by atoms with Crippen LogP contribution in [-0.4, -0.2) is 37.5 Å². The van der Waals surface area contributed by atoms with E-state index in [2.05, 4.69) is 0 Å². The minimum Gasteiger partial charge on any atom is -0.504 e. The number of benzene rings is 1. The number of methoxy groups -OCH3 is 1. The third kappa shape index (κ3) is 4.44. The average Bonchev–Trinajstić information content (AvgIpc) is 2.40. The molecule has 0 radical (unpaired) electrons. The molecule has 0 aromatic heterocycles. The smallest absolute Gasteiger partial charge is 0.335 e. The number of hydrogen-bond acceptors (Lipinski definition) is 5. The summed E-state index contributed by atoms with van der Waals surface area (Å²) >= 11 is 0. The molecule has 0 fully saturated rings. The maximum Gasteiger partial charge on any atom is 0.335 e. The van der Waals surface area contributed by atoms with E-state index in [1.807, 2.05) is 6.92 Å². The molecule has 0 aliphatic carbocycles. The first kappa shape index (κ1) is 15.3. The second-order valence-electron chi connectivity index (χ2n) is 3.91. The summed E-state index contributed by atoms with van der Waals surface area (Å²) in [6.45, 7) is 4.33. The Balaban J connectivity index is 2.81. The van der Waals surface area contributed by atoms with Crippen molar-refractivity contribution < 1.29 is 24.1 Å². The SMILES string of the molecule is CCOC(=O)[C@H](Cc1ccc(O)c(OC)c1)OCC. The predicted molar refractivity (Wildman–Crippen MR) is 70.4 cm³/mol. The number of phenolic OH excluding ortho intramolecular Hbond substituents is 1. The van der Waals surface area contributed by atoms with Crippen molar-refractivity contribution >= 4 is 5.97 Å². The highest BCUT2D eigenvalue weighted by molar-refractivity contribution is 5.75. The fourth-order valence-corrected chi connectivity index (χ4v) is 1.71. The van der Waals surface area contributed by atoms with Gasteiger partial charge in [-0.25, -0.2) is 4.79 Å². The number of ether oxygens (including phenoxy) is 3. The van der Waals surface area contributed by atoms with Crippen molar-refractivity contribution in [1.29, 1.82) is 0 Å². The van der Waals surface area contributed by atoms with Crippen LogP contribution in [-0.2, 0) is 20.7 Å². The molecule has 5 nitrogen and oxygen atoms in total. The van der Waals surface area contributed by atoms with E-state index >= 15 is 0 Å². The zero-order valence-electron chi connectivity index (χ0n) is 11.5. The molecule has 1 aromatic rings. The minimum absolute atomic E-state index is 0.0651. The molecule has 0 saturated carbocycles. The summed E-state index contributed by atoms with van der Waals surface area (Å²) in [6.07, 6.45) is -0.261. The highest BCUT2D eigenvalue weighted by Gasteiger charge is 2.21. The minimum atomic E-state index is -0.640. The Morgan fingerprint density at radius 1 is 1.32 bits per heavy atom. The summed E-state index contributed by atoms with van der Waals surface area (Å²) in [6, 6.07) is 4.94. The molecule has 106 valence electrons. The summed E-state index contributed by atoms with van der Waals surface area (Å²) < 4.78 is 15.4. The average molecular weight is 268 g/mol. The second kappa shape index (κ2) is 7.63. The molecule has 1 aromatic carbocycles. The molecule has 0 heterocycles. The van der Waals surface area contributed by atoms with Gasteiger partial charge < -0.3 is 19.3 Å². The van der Waals surface area contributed by atoms with Gasteiger partial charge in [0.15, 0.2) is 17.6 Å². The Hall–Kier alpha value is -1.75. The van der Waals surface area contributed by atoms with Crippen LogP contribution >= 0.6 is 0 Å². The summed E-state index contributed by atoms with van der Waals surface area (Å²) in [5.74, 6) is 0.0587. The zero-order valence-corrected chi connectivity index (χ0v) is 11.5. The monoisotopic (exact) mass is 268 g/mol. The molecule has 0 spiro atoms. The van der Waals surface area contributed by atoms with Gasteiger partial charge in [-0.05, 0) is 31.5 Å². The number of hydrogen-bond donors (Lipinski definition) is 1. The first-order chi connectivity index (χ1) is 9.12. The quantitative estimate of drug-likeness (QED) is 0.765. The number of aromatic hydroxyl groups is 1. The van der Waals surface area contributed by atoms with Gasteiger partial charge in [-0.15, -0.1) is 0 Å². The predicted octanol–water partition coefficient (Wildman–Crippen LogP) is 1.91. The fraction of sp³-hybridized carbons (Fsp3) is 0.500. The second-order valence-corrected chi connectivity index (χ2v) is 3.91. The maximum atomic E-state index is 11.7. The molecule has 1 atom stereocenters. The topological polar surface area (TPSA) is 65.0 Å². The number of rotatable bonds is 7. The third-order valence-electron chi connectivity index (χ3n) is 2.58. The van der Waals surface area contributed by atoms with Gasteiger partial charge >= 0.3 is 5.97 Å². The van der Waals surface area contributed by atoms with Crippen LogP contribution in [0.25, 0.3) is 0 Å². The number of esters is 1. The van der Waals surface area contributed by atoms with Crippen LogP contribution in [0.5, 0.6) is 11.5 Å². The Morgan fingerprint density at radius 2 is 2.05 bits per heavy atom. The molecule has 0 aliphatic rings. The Kier molecular flexibility index (Phi) is 6.15. The van der Waals surface area contributed by atoms with Gasteiger partial charge in [-0.2, -0.15) is 0 Å². The molecule has 19 heavy (non-hydrogen) atoms. The summed E-state index contributed by atoms with van der Waals surface area (Å²) in [5, 5.41) is 9.52. The van der Waals surface area contributed by atoms with Crippen molar-refractivity contribution in [3.63, 3.8) is 0 Å². The Morgan fingerprint density at radius 3 is 2.63 bits per heavy atom. The van der Waals surface area contributed by atoms with Gasteiger partial charge in [0.05, 0.1) is 13.7 Å². The van der Waals surface area contributed by atoms with E-state index in [4.69, 9.17) is 14.2 Å². The standard InChI is InChI=1S/C14H20O5/c1-4-18-13(14(16)19-5-2)9-10-6-7-11(15)12(8-10)17-3/h6-8,13,15H,4-5,9H2,1-3H3/t13-/m0/s1. The molecular formula is C14H20O5. The van der Waals surface area contributed by atoms with Crippen molar-refractivity contribution in [2.24, 2.45) is 0 Å². The maximum absolute atomic E-state index is 11.7. The van der Waals surface area contributed by atoms with Crippen LogP contribution in [0.4, 0.5) is 0 Å². The van der Waals surface area contributed by atoms with Crippen molar-refractivity contribution in [1.82, 2.24) is 0 Å². The lowest BCUT2D eigenvalue weighted by molar-refractivity contribution is -0.156. The van der Waals surface area contributed by atoms with Crippen molar-refractivity contribution in [3.05, 3.63) is 23.8 Å².